The Morgan fingerprint density at radius 2 is 1.91 bits per heavy atom. The molecule has 2 aromatic rings. The number of likely N-dealkylation sites (tertiary alicyclic amines) is 1. The number of nitrogens with zero attached hydrogens (tertiary/aromatic N) is 1. The molecule has 1 fully saturated rings. The third kappa shape index (κ3) is 6.13. The molecule has 0 spiro atoms. The maximum atomic E-state index is 13.2. The molecule has 8 nitrogen and oxygen atoms in total. The minimum absolute atomic E-state index is 0.203. The molecular weight excluding hydrogens is 442 g/mol. The molecule has 2 N–H and O–H groups in total. The fraction of sp³-hybridized carbons (Fsp3) is 0.333. The number of anilines is 1. The summed E-state index contributed by atoms with van der Waals surface area (Å²) < 4.78 is 4.84. The van der Waals surface area contributed by atoms with Crippen molar-refractivity contribution in [2.24, 2.45) is 0 Å². The fourth-order valence-electron chi connectivity index (χ4n) is 3.59. The maximum absolute atomic E-state index is 13.2. The van der Waals surface area contributed by atoms with Crippen LogP contribution in [0.3, 0.4) is 0 Å². The van der Waals surface area contributed by atoms with Crippen LogP contribution in [0.15, 0.2) is 48.5 Å². The number of esters is 1. The molecule has 1 heterocycles. The number of ether oxygens (including phenoxy) is 1. The van der Waals surface area contributed by atoms with Gasteiger partial charge in [-0.2, -0.15) is 11.8 Å². The third-order valence-electron chi connectivity index (χ3n) is 5.32. The summed E-state index contributed by atoms with van der Waals surface area (Å²) in [6, 6.07) is 12.9. The number of amides is 4. The van der Waals surface area contributed by atoms with Crippen molar-refractivity contribution in [2.45, 2.75) is 25.3 Å². The lowest BCUT2D eigenvalue weighted by Crippen LogP contribution is -2.42. The third-order valence-corrected chi connectivity index (χ3v) is 5.96. The van der Waals surface area contributed by atoms with Crippen molar-refractivity contribution in [1.82, 2.24) is 10.2 Å². The Kier molecular flexibility index (Phi) is 8.48. The summed E-state index contributed by atoms with van der Waals surface area (Å²) >= 11 is 1.57. The van der Waals surface area contributed by atoms with Gasteiger partial charge in [0.25, 0.3) is 5.91 Å². The second-order valence-corrected chi connectivity index (χ2v) is 8.52. The van der Waals surface area contributed by atoms with Crippen LogP contribution in [-0.4, -0.2) is 60.4 Å². The molecule has 0 aliphatic carbocycles. The Balaban J connectivity index is 1.89. The van der Waals surface area contributed by atoms with Crippen molar-refractivity contribution in [3.8, 4) is 11.1 Å². The molecule has 33 heavy (non-hydrogen) atoms. The highest BCUT2D eigenvalue weighted by Crippen LogP contribution is 2.28. The van der Waals surface area contributed by atoms with E-state index >= 15 is 0 Å². The van der Waals surface area contributed by atoms with Crippen molar-refractivity contribution in [3.05, 3.63) is 54.1 Å². The summed E-state index contributed by atoms with van der Waals surface area (Å²) in [7, 11) is 1.29. The Bertz CT molecular complexity index is 1030. The normalized spacial score (nSPS) is 14.0. The van der Waals surface area contributed by atoms with Gasteiger partial charge in [-0.25, -0.2) is 9.59 Å². The SMILES string of the molecule is COC(=O)[C@H](CCSC)NC(=O)c1ccc(NC(=O)N2CCCC2=O)cc1-c1ccccc1. The minimum Gasteiger partial charge on any atom is -0.467 e. The van der Waals surface area contributed by atoms with Gasteiger partial charge in [-0.15, -0.1) is 0 Å². The van der Waals surface area contributed by atoms with Gasteiger partial charge in [-0.1, -0.05) is 30.3 Å². The van der Waals surface area contributed by atoms with E-state index in [1.807, 2.05) is 36.6 Å². The van der Waals surface area contributed by atoms with Crippen LogP contribution in [-0.2, 0) is 14.3 Å². The highest BCUT2D eigenvalue weighted by molar-refractivity contribution is 7.98. The van der Waals surface area contributed by atoms with Crippen LogP contribution in [0, 0.1) is 0 Å². The van der Waals surface area contributed by atoms with Crippen LogP contribution in [0.2, 0.25) is 0 Å². The van der Waals surface area contributed by atoms with E-state index < -0.39 is 23.9 Å². The van der Waals surface area contributed by atoms with E-state index in [4.69, 9.17) is 4.74 Å². The molecule has 0 radical (unpaired) electrons. The molecule has 2 aromatic carbocycles. The van der Waals surface area contributed by atoms with Crippen LogP contribution in [0.5, 0.6) is 0 Å². The quantitative estimate of drug-likeness (QED) is 0.573. The number of benzene rings is 2. The van der Waals surface area contributed by atoms with Crippen molar-refractivity contribution in [3.63, 3.8) is 0 Å². The summed E-state index contributed by atoms with van der Waals surface area (Å²) in [4.78, 5) is 50.9. The summed E-state index contributed by atoms with van der Waals surface area (Å²) in [6.45, 7) is 0.391. The number of hydrogen-bond acceptors (Lipinski definition) is 6. The molecule has 4 amide bonds. The molecular formula is C24H27N3O5S. The minimum atomic E-state index is -0.765. The van der Waals surface area contributed by atoms with Gasteiger partial charge >= 0.3 is 12.0 Å². The summed E-state index contributed by atoms with van der Waals surface area (Å²) in [5, 5.41) is 5.52. The first-order chi connectivity index (χ1) is 15.9. The van der Waals surface area contributed by atoms with Crippen LogP contribution in [0.1, 0.15) is 29.6 Å². The van der Waals surface area contributed by atoms with Gasteiger partial charge in [0.15, 0.2) is 0 Å². The number of methoxy groups -OCH3 is 1. The molecule has 1 aliphatic heterocycles. The van der Waals surface area contributed by atoms with Gasteiger partial charge in [0.1, 0.15) is 6.04 Å². The van der Waals surface area contributed by atoms with E-state index in [1.165, 1.54) is 12.0 Å². The van der Waals surface area contributed by atoms with Gasteiger partial charge in [0, 0.05) is 24.2 Å². The van der Waals surface area contributed by atoms with E-state index in [9.17, 15) is 19.2 Å². The lowest BCUT2D eigenvalue weighted by molar-refractivity contribution is -0.142. The maximum Gasteiger partial charge on any atom is 0.328 e. The highest BCUT2D eigenvalue weighted by atomic mass is 32.2. The second kappa shape index (κ2) is 11.5. The number of rotatable bonds is 8. The van der Waals surface area contributed by atoms with Crippen LogP contribution in [0.25, 0.3) is 11.1 Å². The first-order valence-electron chi connectivity index (χ1n) is 10.6. The average Bonchev–Trinajstić information content (AvgIpc) is 3.27. The zero-order valence-electron chi connectivity index (χ0n) is 18.6. The van der Waals surface area contributed by atoms with Crippen molar-refractivity contribution >= 4 is 41.3 Å². The number of carbonyl (C=O) groups excluding carboxylic acids is 4. The van der Waals surface area contributed by atoms with E-state index in [2.05, 4.69) is 10.6 Å². The standard InChI is InChI=1S/C24H27N3O5S/c1-32-23(30)20(12-14-33-2)26-22(29)18-11-10-17(15-19(18)16-7-4-3-5-8-16)25-24(31)27-13-6-9-21(27)28/h3-5,7-8,10-11,15,20H,6,9,12-14H2,1-2H3,(H,25,31)(H,26,29)/t20-/m0/s1. The number of imide groups is 1. The second-order valence-electron chi connectivity index (χ2n) is 7.54. The molecule has 0 aromatic heterocycles. The molecule has 174 valence electrons. The fourth-order valence-corrected chi connectivity index (χ4v) is 4.06. The van der Waals surface area contributed by atoms with Gasteiger partial charge in [0.2, 0.25) is 5.91 Å². The van der Waals surface area contributed by atoms with E-state index in [1.54, 1.807) is 30.0 Å². The molecule has 3 rings (SSSR count). The van der Waals surface area contributed by atoms with Gasteiger partial charge in [-0.05, 0) is 54.2 Å². The van der Waals surface area contributed by atoms with Crippen LogP contribution >= 0.6 is 11.8 Å². The Labute approximate surface area is 197 Å². The first kappa shape index (κ1) is 24.3. The number of nitrogens with one attached hydrogen (secondary N) is 2. The number of urea groups is 1. The van der Waals surface area contributed by atoms with Crippen molar-refractivity contribution in [1.29, 1.82) is 0 Å². The molecule has 0 saturated carbocycles. The smallest absolute Gasteiger partial charge is 0.328 e. The summed E-state index contributed by atoms with van der Waals surface area (Å²) in [6.07, 6.45) is 3.38. The first-order valence-corrected chi connectivity index (χ1v) is 12.0. The lowest BCUT2D eigenvalue weighted by atomic mass is 9.98. The van der Waals surface area contributed by atoms with E-state index in [0.29, 0.717) is 48.4 Å². The van der Waals surface area contributed by atoms with Crippen molar-refractivity contribution < 1.29 is 23.9 Å². The highest BCUT2D eigenvalue weighted by Gasteiger charge is 2.27. The number of hydrogen-bond donors (Lipinski definition) is 2. The molecule has 1 atom stereocenters. The Hall–Kier alpha value is -3.33. The Morgan fingerprint density at radius 1 is 1.15 bits per heavy atom. The zero-order chi connectivity index (χ0) is 23.8. The van der Waals surface area contributed by atoms with Gasteiger partial charge in [-0.3, -0.25) is 14.5 Å². The van der Waals surface area contributed by atoms with Crippen LogP contribution < -0.4 is 10.6 Å². The van der Waals surface area contributed by atoms with Crippen molar-refractivity contribution in [2.75, 3.05) is 31.0 Å². The lowest BCUT2D eigenvalue weighted by Gasteiger charge is -2.19. The predicted octanol–water partition coefficient (Wildman–Crippen LogP) is 3.53. The van der Waals surface area contributed by atoms with Gasteiger partial charge < -0.3 is 15.4 Å². The van der Waals surface area contributed by atoms with E-state index in [0.717, 1.165) is 5.56 Å². The summed E-state index contributed by atoms with van der Waals surface area (Å²) in [5.74, 6) is -0.437. The monoisotopic (exact) mass is 469 g/mol. The zero-order valence-corrected chi connectivity index (χ0v) is 19.4. The molecule has 1 saturated heterocycles. The molecule has 0 bridgehead atoms. The van der Waals surface area contributed by atoms with Gasteiger partial charge in [0.05, 0.1) is 7.11 Å². The van der Waals surface area contributed by atoms with E-state index in [-0.39, 0.29) is 5.91 Å². The average molecular weight is 470 g/mol. The molecule has 1 aliphatic rings. The number of carbonyl (C=O) groups is 4. The Morgan fingerprint density at radius 3 is 2.55 bits per heavy atom. The number of thioether (sulfide) groups is 1. The molecule has 9 heteroatoms. The summed E-state index contributed by atoms with van der Waals surface area (Å²) in [5.41, 5.74) is 2.18. The largest absolute Gasteiger partial charge is 0.467 e. The van der Waals surface area contributed by atoms with Crippen LogP contribution in [0.4, 0.5) is 10.5 Å². The predicted molar refractivity (Wildman–Crippen MR) is 128 cm³/mol. The molecule has 0 unspecified atom stereocenters. The topological polar surface area (TPSA) is 105 Å².